The van der Waals surface area contributed by atoms with Crippen LogP contribution in [0.3, 0.4) is 0 Å². The fourth-order valence-corrected chi connectivity index (χ4v) is 2.32. The van der Waals surface area contributed by atoms with Crippen molar-refractivity contribution in [2.24, 2.45) is 0 Å². The molecule has 0 aliphatic heterocycles. The molecule has 3 rings (SSSR count). The highest BCUT2D eigenvalue weighted by Crippen LogP contribution is 2.20. The Morgan fingerprint density at radius 1 is 0.913 bits per heavy atom. The van der Waals surface area contributed by atoms with Crippen molar-refractivity contribution >= 4 is 17.3 Å². The van der Waals surface area contributed by atoms with Gasteiger partial charge >= 0.3 is 0 Å². The van der Waals surface area contributed by atoms with Crippen LogP contribution in [-0.2, 0) is 6.42 Å². The Labute approximate surface area is 135 Å². The minimum Gasteiger partial charge on any atom is -0.469 e. The number of hydrogen-bond acceptors (Lipinski definition) is 3. The summed E-state index contributed by atoms with van der Waals surface area (Å²) in [7, 11) is 0. The molecule has 1 amide bonds. The largest absolute Gasteiger partial charge is 0.469 e. The third kappa shape index (κ3) is 4.01. The molecule has 3 aromatic rings. The highest BCUT2D eigenvalue weighted by atomic mass is 16.3. The SMILES string of the molecule is O=C(NCCc1ccco1)c1ccccc1Nc1ccccc1. The molecular formula is C19H18N2O2. The summed E-state index contributed by atoms with van der Waals surface area (Å²) in [6, 6.07) is 21.0. The number of para-hydroxylation sites is 2. The van der Waals surface area contributed by atoms with E-state index in [0.29, 0.717) is 18.5 Å². The third-order valence-electron chi connectivity index (χ3n) is 3.46. The van der Waals surface area contributed by atoms with E-state index < -0.39 is 0 Å². The van der Waals surface area contributed by atoms with Gasteiger partial charge in [0.1, 0.15) is 5.76 Å². The van der Waals surface area contributed by atoms with Gasteiger partial charge in [0.25, 0.3) is 5.91 Å². The summed E-state index contributed by atoms with van der Waals surface area (Å²) in [6.45, 7) is 0.534. The van der Waals surface area contributed by atoms with E-state index in [1.54, 1.807) is 6.26 Å². The minimum atomic E-state index is -0.101. The number of anilines is 2. The van der Waals surface area contributed by atoms with Gasteiger partial charge in [0.05, 0.1) is 17.5 Å². The Morgan fingerprint density at radius 3 is 2.48 bits per heavy atom. The average molecular weight is 306 g/mol. The lowest BCUT2D eigenvalue weighted by Crippen LogP contribution is -2.26. The van der Waals surface area contributed by atoms with Gasteiger partial charge in [0.15, 0.2) is 0 Å². The maximum absolute atomic E-state index is 12.4. The molecule has 1 aromatic heterocycles. The van der Waals surface area contributed by atoms with Gasteiger partial charge in [-0.3, -0.25) is 4.79 Å². The summed E-state index contributed by atoms with van der Waals surface area (Å²) in [5, 5.41) is 6.20. The quantitative estimate of drug-likeness (QED) is 0.724. The number of furan rings is 1. The van der Waals surface area contributed by atoms with Crippen LogP contribution in [0, 0.1) is 0 Å². The number of hydrogen-bond donors (Lipinski definition) is 2. The second kappa shape index (κ2) is 7.31. The molecule has 0 radical (unpaired) electrons. The van der Waals surface area contributed by atoms with Crippen molar-refractivity contribution in [2.45, 2.75) is 6.42 Å². The molecule has 0 spiro atoms. The Kier molecular flexibility index (Phi) is 4.74. The maximum atomic E-state index is 12.4. The first-order chi connectivity index (χ1) is 11.3. The van der Waals surface area contributed by atoms with Crippen LogP contribution >= 0.6 is 0 Å². The molecule has 23 heavy (non-hydrogen) atoms. The Hall–Kier alpha value is -3.01. The van der Waals surface area contributed by atoms with Crippen LogP contribution in [0.1, 0.15) is 16.1 Å². The molecule has 116 valence electrons. The molecule has 0 bridgehead atoms. The van der Waals surface area contributed by atoms with Crippen molar-refractivity contribution in [1.82, 2.24) is 5.32 Å². The number of carbonyl (C=O) groups excluding carboxylic acids is 1. The van der Waals surface area contributed by atoms with Gasteiger partial charge in [-0.05, 0) is 36.4 Å². The fourth-order valence-electron chi connectivity index (χ4n) is 2.32. The maximum Gasteiger partial charge on any atom is 0.253 e. The Balaban J connectivity index is 1.65. The molecule has 4 heteroatoms. The van der Waals surface area contributed by atoms with Crippen LogP contribution in [0.4, 0.5) is 11.4 Å². The highest BCUT2D eigenvalue weighted by molar-refractivity contribution is 6.00. The van der Waals surface area contributed by atoms with Gasteiger partial charge in [-0.1, -0.05) is 30.3 Å². The van der Waals surface area contributed by atoms with Crippen molar-refractivity contribution in [3.8, 4) is 0 Å². The predicted octanol–water partition coefficient (Wildman–Crippen LogP) is 4.00. The zero-order chi connectivity index (χ0) is 15.9. The van der Waals surface area contributed by atoms with Crippen LogP contribution < -0.4 is 10.6 Å². The molecule has 0 unspecified atom stereocenters. The molecule has 0 atom stereocenters. The fraction of sp³-hybridized carbons (Fsp3) is 0.105. The average Bonchev–Trinajstić information content (AvgIpc) is 3.09. The van der Waals surface area contributed by atoms with E-state index in [1.165, 1.54) is 0 Å². The first-order valence-corrected chi connectivity index (χ1v) is 7.54. The van der Waals surface area contributed by atoms with Crippen molar-refractivity contribution in [3.05, 3.63) is 84.3 Å². The summed E-state index contributed by atoms with van der Waals surface area (Å²) >= 11 is 0. The van der Waals surface area contributed by atoms with Gasteiger partial charge in [-0.2, -0.15) is 0 Å². The molecule has 1 heterocycles. The molecule has 2 aromatic carbocycles. The summed E-state index contributed by atoms with van der Waals surface area (Å²) in [5.74, 6) is 0.761. The number of benzene rings is 2. The molecule has 0 saturated heterocycles. The molecule has 0 aliphatic carbocycles. The van der Waals surface area contributed by atoms with Gasteiger partial charge < -0.3 is 15.1 Å². The van der Waals surface area contributed by atoms with Gasteiger partial charge in [0, 0.05) is 18.7 Å². The van der Waals surface area contributed by atoms with Gasteiger partial charge in [0.2, 0.25) is 0 Å². The van der Waals surface area contributed by atoms with Crippen LogP contribution in [-0.4, -0.2) is 12.5 Å². The zero-order valence-corrected chi connectivity index (χ0v) is 12.7. The van der Waals surface area contributed by atoms with Crippen molar-refractivity contribution in [3.63, 3.8) is 0 Å². The summed E-state index contributed by atoms with van der Waals surface area (Å²) in [4.78, 5) is 12.4. The van der Waals surface area contributed by atoms with Gasteiger partial charge in [-0.25, -0.2) is 0 Å². The monoisotopic (exact) mass is 306 g/mol. The van der Waals surface area contributed by atoms with Crippen LogP contribution in [0.25, 0.3) is 0 Å². The first-order valence-electron chi connectivity index (χ1n) is 7.54. The number of carbonyl (C=O) groups is 1. The molecular weight excluding hydrogens is 288 g/mol. The van der Waals surface area contributed by atoms with Gasteiger partial charge in [-0.15, -0.1) is 0 Å². The summed E-state index contributed by atoms with van der Waals surface area (Å²) < 4.78 is 5.26. The lowest BCUT2D eigenvalue weighted by Gasteiger charge is -2.12. The van der Waals surface area contributed by atoms with Crippen molar-refractivity contribution in [1.29, 1.82) is 0 Å². The van der Waals surface area contributed by atoms with E-state index in [9.17, 15) is 4.79 Å². The van der Waals surface area contributed by atoms with Crippen molar-refractivity contribution < 1.29 is 9.21 Å². The van der Waals surface area contributed by atoms with E-state index >= 15 is 0 Å². The number of rotatable bonds is 6. The van der Waals surface area contributed by atoms with Crippen LogP contribution in [0.15, 0.2) is 77.4 Å². The van der Waals surface area contributed by atoms with E-state index in [4.69, 9.17) is 4.42 Å². The molecule has 2 N–H and O–H groups in total. The lowest BCUT2D eigenvalue weighted by molar-refractivity contribution is 0.0954. The molecule has 0 fully saturated rings. The third-order valence-corrected chi connectivity index (χ3v) is 3.46. The Bertz CT molecular complexity index is 752. The van der Waals surface area contributed by atoms with Crippen LogP contribution in [0.5, 0.6) is 0 Å². The second-order valence-electron chi connectivity index (χ2n) is 5.12. The molecule has 0 aliphatic rings. The van der Waals surface area contributed by atoms with E-state index in [2.05, 4.69) is 10.6 Å². The minimum absolute atomic E-state index is 0.101. The normalized spacial score (nSPS) is 10.3. The van der Waals surface area contributed by atoms with Crippen molar-refractivity contribution in [2.75, 3.05) is 11.9 Å². The van der Waals surface area contributed by atoms with Crippen LogP contribution in [0.2, 0.25) is 0 Å². The van der Waals surface area contributed by atoms with E-state index in [-0.39, 0.29) is 5.91 Å². The Morgan fingerprint density at radius 2 is 1.70 bits per heavy atom. The standard InChI is InChI=1S/C19H18N2O2/c22-19(20-13-12-16-9-6-14-23-16)17-10-4-5-11-18(17)21-15-7-2-1-3-8-15/h1-11,14,21H,12-13H2,(H,20,22). The highest BCUT2D eigenvalue weighted by Gasteiger charge is 2.10. The predicted molar refractivity (Wildman–Crippen MR) is 90.9 cm³/mol. The number of amides is 1. The molecule has 4 nitrogen and oxygen atoms in total. The summed E-state index contributed by atoms with van der Waals surface area (Å²) in [5.41, 5.74) is 2.35. The lowest BCUT2D eigenvalue weighted by atomic mass is 10.1. The smallest absolute Gasteiger partial charge is 0.253 e. The first kappa shape index (κ1) is 14.9. The zero-order valence-electron chi connectivity index (χ0n) is 12.7. The number of nitrogens with one attached hydrogen (secondary N) is 2. The summed E-state index contributed by atoms with van der Waals surface area (Å²) in [6.07, 6.45) is 2.31. The molecule has 0 saturated carbocycles. The van der Waals surface area contributed by atoms with E-state index in [1.807, 2.05) is 66.7 Å². The second-order valence-corrected chi connectivity index (χ2v) is 5.12. The van der Waals surface area contributed by atoms with E-state index in [0.717, 1.165) is 17.1 Å². The topological polar surface area (TPSA) is 54.3 Å².